The van der Waals surface area contributed by atoms with Gasteiger partial charge < -0.3 is 33.4 Å². The summed E-state index contributed by atoms with van der Waals surface area (Å²) in [7, 11) is 1.88. The Morgan fingerprint density at radius 2 is 1.84 bits per heavy atom. The number of piperidine rings is 1. The van der Waals surface area contributed by atoms with E-state index in [1.54, 1.807) is 6.92 Å². The second kappa shape index (κ2) is 13.8. The van der Waals surface area contributed by atoms with Crippen molar-refractivity contribution in [1.82, 2.24) is 24.6 Å². The van der Waals surface area contributed by atoms with E-state index in [0.717, 1.165) is 43.5 Å². The minimum atomic E-state index is -1.36. The van der Waals surface area contributed by atoms with Crippen LogP contribution in [0.25, 0.3) is 33.7 Å². The van der Waals surface area contributed by atoms with Gasteiger partial charge in [-0.1, -0.05) is 25.9 Å². The van der Waals surface area contributed by atoms with Gasteiger partial charge in [-0.15, -0.1) is 5.10 Å². The number of carboxylic acid groups (broad SMARTS) is 1. The molecule has 4 aromatic rings. The van der Waals surface area contributed by atoms with E-state index in [-0.39, 0.29) is 11.7 Å². The van der Waals surface area contributed by atoms with E-state index < -0.39 is 23.5 Å². The van der Waals surface area contributed by atoms with Gasteiger partial charge in [0.05, 0.1) is 12.2 Å². The van der Waals surface area contributed by atoms with Crippen LogP contribution in [0.3, 0.4) is 0 Å². The maximum atomic E-state index is 15.9. The summed E-state index contributed by atoms with van der Waals surface area (Å²) < 4.78 is 36.5. The van der Waals surface area contributed by atoms with Crippen LogP contribution in [-0.4, -0.2) is 80.2 Å². The lowest BCUT2D eigenvalue weighted by atomic mass is 9.85. The molecule has 0 amide bonds. The van der Waals surface area contributed by atoms with Crippen LogP contribution in [0.2, 0.25) is 0 Å². The molecule has 2 saturated heterocycles. The largest absolute Gasteiger partial charge is 0.490 e. The van der Waals surface area contributed by atoms with Crippen LogP contribution < -0.4 is 9.64 Å². The predicted octanol–water partition coefficient (Wildman–Crippen LogP) is 7.40. The standard InChI is InChI=1S/C39H51FN6O5/c1-8-39(6,22(2)3)51-34(37(47)48)31-24(5)41-35-28(32(31)27-20-29(40)33-26(23(27)4)12-11-19-49-33)21-30(44(35)7)36-42-43-38(50-36)46-17-13-25(14-18-46)45-15-9-10-16-45/h20-22,25,34H,8-19H2,1-7H3,(H,47,48)/t34-,39?/m0/s1. The highest BCUT2D eigenvalue weighted by molar-refractivity contribution is 6.01. The first-order valence-electron chi connectivity index (χ1n) is 18.6. The lowest BCUT2D eigenvalue weighted by Crippen LogP contribution is -2.44. The molecule has 0 spiro atoms. The van der Waals surface area contributed by atoms with Crippen LogP contribution in [0, 0.1) is 25.6 Å². The van der Waals surface area contributed by atoms with Gasteiger partial charge >= 0.3 is 12.0 Å². The number of pyridine rings is 1. The Hall–Kier alpha value is -4.03. The summed E-state index contributed by atoms with van der Waals surface area (Å²) >= 11 is 0. The van der Waals surface area contributed by atoms with E-state index in [2.05, 4.69) is 20.0 Å². The maximum absolute atomic E-state index is 15.9. The minimum absolute atomic E-state index is 0.0333. The number of rotatable bonds is 10. The summed E-state index contributed by atoms with van der Waals surface area (Å²) in [6.45, 7) is 16.3. The SMILES string of the molecule is CCC(C)(O[C@H](C(=O)O)c1c(C)nc2c(cc(-c3nnc(N4CCC(N5CCCC5)CC4)o3)n2C)c1-c1cc(F)c2c(c1C)CCCO2)C(C)C. The molecule has 0 saturated carbocycles. The number of hydrogen-bond acceptors (Lipinski definition) is 9. The number of likely N-dealkylation sites (tertiary alicyclic amines) is 1. The molecule has 0 aliphatic carbocycles. The average Bonchev–Trinajstić information content (AvgIpc) is 3.90. The van der Waals surface area contributed by atoms with Gasteiger partial charge in [-0.05, 0) is 108 Å². The topological polar surface area (TPSA) is 119 Å². The van der Waals surface area contributed by atoms with Crippen molar-refractivity contribution in [3.8, 4) is 28.5 Å². The summed E-state index contributed by atoms with van der Waals surface area (Å²) in [6, 6.07) is 4.47. The van der Waals surface area contributed by atoms with Crippen molar-refractivity contribution in [2.24, 2.45) is 13.0 Å². The van der Waals surface area contributed by atoms with Gasteiger partial charge in [0.15, 0.2) is 17.7 Å². The van der Waals surface area contributed by atoms with E-state index in [4.69, 9.17) is 18.9 Å². The fourth-order valence-corrected chi connectivity index (χ4v) is 8.30. The predicted molar refractivity (Wildman–Crippen MR) is 194 cm³/mol. The fourth-order valence-electron chi connectivity index (χ4n) is 8.30. The Balaban J connectivity index is 1.36. The van der Waals surface area contributed by atoms with Crippen molar-refractivity contribution >= 4 is 23.0 Å². The Kier molecular flexibility index (Phi) is 9.60. The molecule has 1 aromatic carbocycles. The van der Waals surface area contributed by atoms with Gasteiger partial charge in [0.25, 0.3) is 5.89 Å². The number of ether oxygens (including phenoxy) is 2. The molecule has 51 heavy (non-hydrogen) atoms. The molecule has 3 aliphatic heterocycles. The zero-order valence-corrected chi connectivity index (χ0v) is 31.0. The number of hydrogen-bond donors (Lipinski definition) is 1. The Labute approximate surface area is 299 Å². The van der Waals surface area contributed by atoms with Crippen LogP contribution in [0.4, 0.5) is 10.4 Å². The zero-order valence-electron chi connectivity index (χ0n) is 31.0. The third-order valence-corrected chi connectivity index (χ3v) is 11.9. The highest BCUT2D eigenvalue weighted by Gasteiger charge is 2.39. The van der Waals surface area contributed by atoms with Crippen molar-refractivity contribution in [3.05, 3.63) is 40.3 Å². The average molecular weight is 703 g/mol. The molecule has 3 aromatic heterocycles. The number of anilines is 1. The van der Waals surface area contributed by atoms with E-state index in [1.807, 2.05) is 52.3 Å². The second-order valence-electron chi connectivity index (χ2n) is 15.1. The molecule has 1 unspecified atom stereocenters. The lowest BCUT2D eigenvalue weighted by Gasteiger charge is -2.36. The number of halogens is 1. The Morgan fingerprint density at radius 3 is 2.51 bits per heavy atom. The van der Waals surface area contributed by atoms with E-state index in [1.165, 1.54) is 32.0 Å². The number of fused-ring (bicyclic) bond motifs is 2. The molecule has 1 N–H and O–H groups in total. The van der Waals surface area contributed by atoms with Gasteiger partial charge in [0, 0.05) is 53.9 Å². The summed E-state index contributed by atoms with van der Waals surface area (Å²) in [6.07, 6.45) is 5.36. The second-order valence-corrected chi connectivity index (χ2v) is 15.1. The van der Waals surface area contributed by atoms with Gasteiger partial charge in [-0.3, -0.25) is 0 Å². The van der Waals surface area contributed by atoms with E-state index >= 15 is 4.39 Å². The summed E-state index contributed by atoms with van der Waals surface area (Å²) in [5, 5.41) is 20.4. The highest BCUT2D eigenvalue weighted by Crippen LogP contribution is 2.46. The quantitative estimate of drug-likeness (QED) is 0.179. The van der Waals surface area contributed by atoms with E-state index in [9.17, 15) is 9.90 Å². The third-order valence-electron chi connectivity index (χ3n) is 11.9. The molecule has 0 bridgehead atoms. The molecule has 11 nitrogen and oxygen atoms in total. The van der Waals surface area contributed by atoms with Gasteiger partial charge in [-0.2, -0.15) is 0 Å². The number of nitrogens with zero attached hydrogens (tertiary/aromatic N) is 6. The van der Waals surface area contributed by atoms with Crippen molar-refractivity contribution in [2.45, 2.75) is 104 Å². The summed E-state index contributed by atoms with van der Waals surface area (Å²) in [5.41, 5.74) is 4.17. The van der Waals surface area contributed by atoms with Crippen LogP contribution in [0.15, 0.2) is 16.5 Å². The maximum Gasteiger partial charge on any atom is 0.337 e. The highest BCUT2D eigenvalue weighted by atomic mass is 19.1. The van der Waals surface area contributed by atoms with E-state index in [0.29, 0.717) is 76.5 Å². The lowest BCUT2D eigenvalue weighted by molar-refractivity contribution is -0.170. The summed E-state index contributed by atoms with van der Waals surface area (Å²) in [4.78, 5) is 23.0. The van der Waals surface area contributed by atoms with Crippen molar-refractivity contribution < 1.29 is 28.2 Å². The molecular formula is C39H51FN6O5. The number of aryl methyl sites for hydroxylation is 2. The first-order valence-corrected chi connectivity index (χ1v) is 18.6. The number of carbonyl (C=O) groups is 1. The molecule has 7 rings (SSSR count). The molecule has 2 atom stereocenters. The molecular weight excluding hydrogens is 651 g/mol. The van der Waals surface area contributed by atoms with Crippen molar-refractivity contribution in [2.75, 3.05) is 37.7 Å². The van der Waals surface area contributed by atoms with Crippen molar-refractivity contribution in [3.63, 3.8) is 0 Å². The number of aliphatic carboxylic acids is 1. The number of carboxylic acids is 1. The Morgan fingerprint density at radius 1 is 1.12 bits per heavy atom. The Bertz CT molecular complexity index is 1940. The zero-order chi connectivity index (χ0) is 36.2. The van der Waals surface area contributed by atoms with Crippen LogP contribution in [0.5, 0.6) is 5.75 Å². The normalized spacial score (nSPS) is 19.0. The smallest absolute Gasteiger partial charge is 0.337 e. The van der Waals surface area contributed by atoms with Crippen LogP contribution in [-0.2, 0) is 23.0 Å². The molecule has 0 radical (unpaired) electrons. The minimum Gasteiger partial charge on any atom is -0.490 e. The van der Waals surface area contributed by atoms with Gasteiger partial charge in [-0.25, -0.2) is 14.2 Å². The fraction of sp³-hybridized carbons (Fsp3) is 0.590. The molecule has 3 aliphatic rings. The molecule has 12 heteroatoms. The first kappa shape index (κ1) is 35.4. The molecule has 2 fully saturated rings. The van der Waals surface area contributed by atoms with Crippen LogP contribution >= 0.6 is 0 Å². The number of aromatic nitrogens is 4. The van der Waals surface area contributed by atoms with Gasteiger partial charge in [0.2, 0.25) is 0 Å². The summed E-state index contributed by atoms with van der Waals surface area (Å²) in [5.74, 6) is -0.966. The first-order chi connectivity index (χ1) is 24.4. The van der Waals surface area contributed by atoms with Crippen molar-refractivity contribution in [1.29, 1.82) is 0 Å². The third kappa shape index (κ3) is 6.28. The molecule has 274 valence electrons. The van der Waals surface area contributed by atoms with Crippen LogP contribution in [0.1, 0.15) is 94.7 Å². The van der Waals surface area contributed by atoms with Gasteiger partial charge in [0.1, 0.15) is 11.3 Å². The molecule has 6 heterocycles. The number of benzene rings is 1. The monoisotopic (exact) mass is 702 g/mol.